The molecule has 1 atom stereocenters. The minimum Gasteiger partial charge on any atom is -0.449 e. The van der Waals surface area contributed by atoms with Crippen LogP contribution in [0.3, 0.4) is 0 Å². The number of nitrogens with zero attached hydrogens (tertiary/aromatic N) is 1. The van der Waals surface area contributed by atoms with Gasteiger partial charge < -0.3 is 9.73 Å². The highest BCUT2D eigenvalue weighted by Crippen LogP contribution is 2.30. The fraction of sp³-hybridized carbons (Fsp3) is 0.312. The summed E-state index contributed by atoms with van der Waals surface area (Å²) in [5, 5.41) is 4.31. The summed E-state index contributed by atoms with van der Waals surface area (Å²) < 4.78 is 5.54. The fourth-order valence-corrected chi connectivity index (χ4v) is 2.82. The molecule has 0 saturated carbocycles. The largest absolute Gasteiger partial charge is 0.449 e. The SMILES string of the molecule is CCC1(C)NC(=O)N(NC(=O)c2oc3c(Cl)cccc3c2C)C1=O. The minimum absolute atomic E-state index is 0.00352. The van der Waals surface area contributed by atoms with Gasteiger partial charge in [-0.25, -0.2) is 10.2 Å². The molecule has 2 N–H and O–H groups in total. The maximum atomic E-state index is 12.5. The zero-order chi connectivity index (χ0) is 17.6. The van der Waals surface area contributed by atoms with Gasteiger partial charge >= 0.3 is 11.9 Å². The molecule has 7 nitrogen and oxygen atoms in total. The Bertz CT molecular complexity index is 876. The lowest BCUT2D eigenvalue weighted by Gasteiger charge is -2.19. The molecule has 3 rings (SSSR count). The molecule has 2 heterocycles. The van der Waals surface area contributed by atoms with E-state index in [2.05, 4.69) is 10.7 Å². The summed E-state index contributed by atoms with van der Waals surface area (Å²) in [5.74, 6) is -1.21. The normalized spacial score (nSPS) is 20.6. The van der Waals surface area contributed by atoms with Crippen LogP contribution in [0.2, 0.25) is 5.02 Å². The van der Waals surface area contributed by atoms with Crippen LogP contribution >= 0.6 is 11.6 Å². The Morgan fingerprint density at radius 2 is 2.12 bits per heavy atom. The number of urea groups is 1. The van der Waals surface area contributed by atoms with Crippen LogP contribution in [0.4, 0.5) is 4.79 Å². The zero-order valence-electron chi connectivity index (χ0n) is 13.4. The van der Waals surface area contributed by atoms with Crippen LogP contribution in [0.15, 0.2) is 22.6 Å². The molecule has 8 heteroatoms. The molecule has 1 saturated heterocycles. The lowest BCUT2D eigenvalue weighted by Crippen LogP contribution is -2.48. The molecular formula is C16H16ClN3O4. The van der Waals surface area contributed by atoms with Crippen molar-refractivity contribution in [1.82, 2.24) is 15.8 Å². The highest BCUT2D eigenvalue weighted by Gasteiger charge is 2.47. The second kappa shape index (κ2) is 5.52. The van der Waals surface area contributed by atoms with Gasteiger partial charge in [0.1, 0.15) is 5.54 Å². The van der Waals surface area contributed by atoms with E-state index in [0.717, 1.165) is 0 Å². The Kier molecular flexibility index (Phi) is 3.76. The minimum atomic E-state index is -1.03. The number of para-hydroxylation sites is 1. The summed E-state index contributed by atoms with van der Waals surface area (Å²) in [6.45, 7) is 5.08. The van der Waals surface area contributed by atoms with Crippen molar-refractivity contribution in [2.24, 2.45) is 0 Å². The van der Waals surface area contributed by atoms with Gasteiger partial charge in [-0.1, -0.05) is 30.7 Å². The van der Waals surface area contributed by atoms with Gasteiger partial charge in [-0.05, 0) is 26.3 Å². The number of carbonyl (C=O) groups excluding carboxylic acids is 3. The van der Waals surface area contributed by atoms with Crippen LogP contribution in [-0.4, -0.2) is 28.4 Å². The van der Waals surface area contributed by atoms with Crippen molar-refractivity contribution in [1.29, 1.82) is 0 Å². The van der Waals surface area contributed by atoms with Gasteiger partial charge in [0.25, 0.3) is 5.91 Å². The van der Waals surface area contributed by atoms with Gasteiger partial charge in [-0.3, -0.25) is 9.59 Å². The number of hydrogen-bond acceptors (Lipinski definition) is 4. The van der Waals surface area contributed by atoms with Crippen LogP contribution in [0.25, 0.3) is 11.0 Å². The molecule has 126 valence electrons. The molecule has 0 spiro atoms. The Balaban J connectivity index is 1.91. The number of fused-ring (bicyclic) bond motifs is 1. The number of benzene rings is 1. The first-order valence-corrected chi connectivity index (χ1v) is 7.81. The molecule has 1 fully saturated rings. The third-order valence-corrected chi connectivity index (χ3v) is 4.60. The molecule has 2 aromatic rings. The van der Waals surface area contributed by atoms with Gasteiger partial charge in [-0.15, -0.1) is 0 Å². The van der Waals surface area contributed by atoms with E-state index < -0.39 is 23.4 Å². The molecule has 1 aromatic carbocycles. The van der Waals surface area contributed by atoms with Gasteiger partial charge in [0.05, 0.1) is 5.02 Å². The maximum absolute atomic E-state index is 12.5. The quantitative estimate of drug-likeness (QED) is 0.833. The first-order valence-electron chi connectivity index (χ1n) is 7.44. The third kappa shape index (κ3) is 2.32. The van der Waals surface area contributed by atoms with Crippen LogP contribution in [0.1, 0.15) is 36.4 Å². The topological polar surface area (TPSA) is 91.7 Å². The number of aryl methyl sites for hydroxylation is 1. The number of furan rings is 1. The number of imide groups is 1. The van der Waals surface area contributed by atoms with E-state index in [-0.39, 0.29) is 5.76 Å². The molecule has 1 aliphatic heterocycles. The molecule has 0 radical (unpaired) electrons. The number of hydrogen-bond donors (Lipinski definition) is 2. The summed E-state index contributed by atoms with van der Waals surface area (Å²) in [5.41, 5.74) is 2.24. The summed E-state index contributed by atoms with van der Waals surface area (Å²) in [7, 11) is 0. The summed E-state index contributed by atoms with van der Waals surface area (Å²) in [6.07, 6.45) is 0.406. The molecule has 1 unspecified atom stereocenters. The molecule has 0 aliphatic carbocycles. The molecular weight excluding hydrogens is 334 g/mol. The second-order valence-corrected chi connectivity index (χ2v) is 6.28. The van der Waals surface area contributed by atoms with Crippen molar-refractivity contribution in [3.05, 3.63) is 34.5 Å². The smallest absolute Gasteiger partial charge is 0.344 e. The molecule has 4 amide bonds. The first-order chi connectivity index (χ1) is 11.3. The Morgan fingerprint density at radius 1 is 1.42 bits per heavy atom. The summed E-state index contributed by atoms with van der Waals surface area (Å²) >= 11 is 6.07. The highest BCUT2D eigenvalue weighted by atomic mass is 35.5. The van der Waals surface area contributed by atoms with E-state index >= 15 is 0 Å². The standard InChI is InChI=1S/C16H16ClN3O4/c1-4-16(3)14(22)20(15(23)18-16)19-13(21)11-8(2)9-6-5-7-10(17)12(9)24-11/h5-7H,4H2,1-3H3,(H,18,23)(H,19,21). The Labute approximate surface area is 142 Å². The van der Waals surface area contributed by atoms with Gasteiger partial charge in [0.15, 0.2) is 11.3 Å². The van der Waals surface area contributed by atoms with Gasteiger partial charge in [-0.2, -0.15) is 5.01 Å². The average molecular weight is 350 g/mol. The monoisotopic (exact) mass is 349 g/mol. The number of nitrogens with one attached hydrogen (secondary N) is 2. The molecule has 1 aliphatic rings. The summed E-state index contributed by atoms with van der Waals surface area (Å²) in [4.78, 5) is 36.8. The first kappa shape index (κ1) is 16.3. The third-order valence-electron chi connectivity index (χ3n) is 4.30. The van der Waals surface area contributed by atoms with E-state index in [4.69, 9.17) is 16.0 Å². The number of hydrazine groups is 1. The van der Waals surface area contributed by atoms with E-state index in [9.17, 15) is 14.4 Å². The highest BCUT2D eigenvalue weighted by molar-refractivity contribution is 6.35. The van der Waals surface area contributed by atoms with Crippen molar-refractivity contribution < 1.29 is 18.8 Å². The van der Waals surface area contributed by atoms with Crippen LogP contribution in [-0.2, 0) is 4.79 Å². The number of halogens is 1. The van der Waals surface area contributed by atoms with Gasteiger partial charge in [0, 0.05) is 10.9 Å². The van der Waals surface area contributed by atoms with Crippen molar-refractivity contribution in [3.63, 3.8) is 0 Å². The average Bonchev–Trinajstić information content (AvgIpc) is 2.99. The second-order valence-electron chi connectivity index (χ2n) is 5.87. The van der Waals surface area contributed by atoms with Crippen molar-refractivity contribution in [2.75, 3.05) is 0 Å². The number of carbonyl (C=O) groups is 3. The lowest BCUT2D eigenvalue weighted by molar-refractivity contribution is -0.132. The van der Waals surface area contributed by atoms with Crippen molar-refractivity contribution in [3.8, 4) is 0 Å². The van der Waals surface area contributed by atoms with Crippen molar-refractivity contribution in [2.45, 2.75) is 32.7 Å². The lowest BCUT2D eigenvalue weighted by atomic mass is 10.00. The Hall–Kier alpha value is -2.54. The van der Waals surface area contributed by atoms with E-state index in [1.54, 1.807) is 39.0 Å². The van der Waals surface area contributed by atoms with E-state index in [0.29, 0.717) is 33.0 Å². The van der Waals surface area contributed by atoms with Crippen molar-refractivity contribution >= 4 is 40.4 Å². The number of amides is 4. The molecule has 1 aromatic heterocycles. The predicted molar refractivity (Wildman–Crippen MR) is 87.5 cm³/mol. The van der Waals surface area contributed by atoms with Crippen LogP contribution in [0, 0.1) is 6.92 Å². The van der Waals surface area contributed by atoms with E-state index in [1.807, 2.05) is 0 Å². The zero-order valence-corrected chi connectivity index (χ0v) is 14.2. The Morgan fingerprint density at radius 3 is 2.71 bits per heavy atom. The number of rotatable bonds is 3. The maximum Gasteiger partial charge on any atom is 0.344 e. The van der Waals surface area contributed by atoms with E-state index in [1.165, 1.54) is 0 Å². The molecule has 24 heavy (non-hydrogen) atoms. The predicted octanol–water partition coefficient (Wildman–Crippen LogP) is 2.76. The van der Waals surface area contributed by atoms with Gasteiger partial charge in [0.2, 0.25) is 0 Å². The fourth-order valence-electron chi connectivity index (χ4n) is 2.60. The summed E-state index contributed by atoms with van der Waals surface area (Å²) in [6, 6.07) is 4.50. The molecule has 0 bridgehead atoms. The van der Waals surface area contributed by atoms with Crippen LogP contribution < -0.4 is 10.7 Å². The van der Waals surface area contributed by atoms with Crippen LogP contribution in [0.5, 0.6) is 0 Å².